The first-order chi connectivity index (χ1) is 6.74. The van der Waals surface area contributed by atoms with Crippen molar-refractivity contribution in [3.63, 3.8) is 0 Å². The van der Waals surface area contributed by atoms with E-state index in [-0.39, 0.29) is 10.7 Å². The highest BCUT2D eigenvalue weighted by Gasteiger charge is 1.97. The predicted molar refractivity (Wildman–Crippen MR) is 54.6 cm³/mol. The van der Waals surface area contributed by atoms with Gasteiger partial charge in [0.2, 0.25) is 0 Å². The van der Waals surface area contributed by atoms with Crippen molar-refractivity contribution in [2.75, 3.05) is 13.2 Å². The molecule has 1 aromatic rings. The van der Waals surface area contributed by atoms with Gasteiger partial charge < -0.3 is 4.74 Å². The summed E-state index contributed by atoms with van der Waals surface area (Å²) in [5.74, 6) is 0. The van der Waals surface area contributed by atoms with Crippen LogP contribution < -0.4 is 5.56 Å². The Morgan fingerprint density at radius 1 is 1.64 bits per heavy atom. The summed E-state index contributed by atoms with van der Waals surface area (Å²) in [4.78, 5) is 15.1. The zero-order chi connectivity index (χ0) is 10.4. The van der Waals surface area contributed by atoms with Gasteiger partial charge in [-0.05, 0) is 13.3 Å². The van der Waals surface area contributed by atoms with Crippen molar-refractivity contribution in [1.82, 2.24) is 9.55 Å². The molecule has 0 aromatic carbocycles. The maximum absolute atomic E-state index is 11.3. The van der Waals surface area contributed by atoms with Crippen LogP contribution in [0, 0.1) is 0 Å². The highest BCUT2D eigenvalue weighted by Crippen LogP contribution is 1.97. The van der Waals surface area contributed by atoms with Crippen LogP contribution in [0.4, 0.5) is 0 Å². The second-order valence-electron chi connectivity index (χ2n) is 2.79. The van der Waals surface area contributed by atoms with Crippen LogP contribution in [0.3, 0.4) is 0 Å². The molecule has 0 amide bonds. The lowest BCUT2D eigenvalue weighted by Gasteiger charge is -2.04. The topological polar surface area (TPSA) is 44.1 Å². The average molecular weight is 217 g/mol. The normalized spacial score (nSPS) is 10.4. The Bertz CT molecular complexity index is 338. The number of nitrogens with zero attached hydrogens (tertiary/aromatic N) is 2. The minimum Gasteiger partial charge on any atom is -0.382 e. The Morgan fingerprint density at radius 3 is 3.07 bits per heavy atom. The van der Waals surface area contributed by atoms with Crippen LogP contribution in [0.25, 0.3) is 0 Å². The third-order valence-corrected chi connectivity index (χ3v) is 1.94. The summed E-state index contributed by atoms with van der Waals surface area (Å²) in [6, 6.07) is 1.31. The molecular formula is C9H13ClN2O2. The lowest BCUT2D eigenvalue weighted by molar-refractivity contribution is 0.141. The van der Waals surface area contributed by atoms with Crippen LogP contribution in [0.1, 0.15) is 13.3 Å². The molecule has 0 radical (unpaired) electrons. The Morgan fingerprint density at radius 2 is 2.43 bits per heavy atom. The molecule has 4 nitrogen and oxygen atoms in total. The van der Waals surface area contributed by atoms with E-state index in [1.807, 2.05) is 6.92 Å². The zero-order valence-electron chi connectivity index (χ0n) is 8.07. The summed E-state index contributed by atoms with van der Waals surface area (Å²) in [6.45, 7) is 3.92. The van der Waals surface area contributed by atoms with Crippen molar-refractivity contribution in [1.29, 1.82) is 0 Å². The number of rotatable bonds is 5. The van der Waals surface area contributed by atoms with E-state index in [9.17, 15) is 4.79 Å². The van der Waals surface area contributed by atoms with Crippen molar-refractivity contribution in [3.8, 4) is 0 Å². The number of ether oxygens (including phenoxy) is 1. The summed E-state index contributed by atoms with van der Waals surface area (Å²) < 4.78 is 6.68. The van der Waals surface area contributed by atoms with Gasteiger partial charge in [0.05, 0.1) is 6.33 Å². The van der Waals surface area contributed by atoms with Gasteiger partial charge in [-0.3, -0.25) is 9.36 Å². The number of halogens is 1. The third kappa shape index (κ3) is 3.47. The first kappa shape index (κ1) is 11.2. The SMILES string of the molecule is CCOCCCn1cnc(Cl)cc1=O. The monoisotopic (exact) mass is 216 g/mol. The van der Waals surface area contributed by atoms with E-state index in [2.05, 4.69) is 4.98 Å². The predicted octanol–water partition coefficient (Wildman–Crippen LogP) is 1.32. The van der Waals surface area contributed by atoms with E-state index in [1.54, 1.807) is 0 Å². The minimum atomic E-state index is -0.124. The van der Waals surface area contributed by atoms with Crippen molar-refractivity contribution in [2.45, 2.75) is 19.9 Å². The second-order valence-corrected chi connectivity index (χ2v) is 3.18. The van der Waals surface area contributed by atoms with E-state index in [0.717, 1.165) is 6.42 Å². The summed E-state index contributed by atoms with van der Waals surface area (Å²) in [5.41, 5.74) is -0.124. The number of aromatic nitrogens is 2. The Kier molecular flexibility index (Phi) is 4.62. The molecule has 0 spiro atoms. The van der Waals surface area contributed by atoms with Crippen molar-refractivity contribution in [3.05, 3.63) is 27.9 Å². The summed E-state index contributed by atoms with van der Waals surface area (Å²) in [6.07, 6.45) is 2.26. The Labute approximate surface area is 87.5 Å². The highest BCUT2D eigenvalue weighted by atomic mass is 35.5. The van der Waals surface area contributed by atoms with E-state index in [1.165, 1.54) is 17.0 Å². The second kappa shape index (κ2) is 5.78. The molecule has 0 saturated heterocycles. The van der Waals surface area contributed by atoms with Crippen molar-refractivity contribution < 1.29 is 4.74 Å². The van der Waals surface area contributed by atoms with Gasteiger partial charge in [-0.25, -0.2) is 4.98 Å². The van der Waals surface area contributed by atoms with Gasteiger partial charge in [0.25, 0.3) is 5.56 Å². The first-order valence-corrected chi connectivity index (χ1v) is 4.91. The van der Waals surface area contributed by atoms with Crippen molar-refractivity contribution in [2.24, 2.45) is 0 Å². The molecule has 0 aliphatic heterocycles. The largest absolute Gasteiger partial charge is 0.382 e. The molecule has 1 rings (SSSR count). The fourth-order valence-electron chi connectivity index (χ4n) is 1.05. The van der Waals surface area contributed by atoms with Gasteiger partial charge in [0, 0.05) is 25.8 Å². The van der Waals surface area contributed by atoms with Crippen molar-refractivity contribution >= 4 is 11.6 Å². The maximum Gasteiger partial charge on any atom is 0.254 e. The highest BCUT2D eigenvalue weighted by molar-refractivity contribution is 6.29. The molecule has 0 aliphatic rings. The molecule has 0 atom stereocenters. The van der Waals surface area contributed by atoms with Gasteiger partial charge in [0.1, 0.15) is 5.15 Å². The average Bonchev–Trinajstić information content (AvgIpc) is 2.15. The molecule has 1 heterocycles. The quantitative estimate of drug-likeness (QED) is 0.551. The lowest BCUT2D eigenvalue weighted by Crippen LogP contribution is -2.20. The number of hydrogen-bond donors (Lipinski definition) is 0. The molecule has 0 bridgehead atoms. The Hall–Kier alpha value is -0.870. The van der Waals surface area contributed by atoms with Gasteiger partial charge in [-0.2, -0.15) is 0 Å². The number of aryl methyl sites for hydroxylation is 1. The molecule has 0 unspecified atom stereocenters. The maximum atomic E-state index is 11.3. The molecule has 0 N–H and O–H groups in total. The van der Waals surface area contributed by atoms with E-state index in [0.29, 0.717) is 19.8 Å². The number of hydrogen-bond acceptors (Lipinski definition) is 3. The van der Waals surface area contributed by atoms with E-state index in [4.69, 9.17) is 16.3 Å². The van der Waals surface area contributed by atoms with Crippen LogP contribution in [0.15, 0.2) is 17.2 Å². The zero-order valence-corrected chi connectivity index (χ0v) is 8.83. The molecule has 5 heteroatoms. The fraction of sp³-hybridized carbons (Fsp3) is 0.556. The van der Waals surface area contributed by atoms with Gasteiger partial charge in [0.15, 0.2) is 0 Å². The van der Waals surface area contributed by atoms with E-state index >= 15 is 0 Å². The lowest BCUT2D eigenvalue weighted by atomic mass is 10.4. The minimum absolute atomic E-state index is 0.124. The van der Waals surface area contributed by atoms with Crippen LogP contribution in [0.2, 0.25) is 5.15 Å². The molecular weight excluding hydrogens is 204 g/mol. The van der Waals surface area contributed by atoms with Gasteiger partial charge >= 0.3 is 0 Å². The fourth-order valence-corrected chi connectivity index (χ4v) is 1.19. The van der Waals surface area contributed by atoms with Crippen LogP contribution >= 0.6 is 11.6 Å². The molecule has 0 saturated carbocycles. The Balaban J connectivity index is 2.47. The summed E-state index contributed by atoms with van der Waals surface area (Å²) >= 11 is 5.55. The van der Waals surface area contributed by atoms with E-state index < -0.39 is 0 Å². The molecule has 0 aliphatic carbocycles. The molecule has 78 valence electrons. The standard InChI is InChI=1S/C9H13ClN2O2/c1-2-14-5-3-4-12-7-11-8(10)6-9(12)13/h6-7H,2-5H2,1H3. The molecule has 0 fully saturated rings. The van der Waals surface area contributed by atoms with Crippen LogP contribution in [-0.4, -0.2) is 22.8 Å². The molecule has 1 aromatic heterocycles. The van der Waals surface area contributed by atoms with Crippen LogP contribution in [-0.2, 0) is 11.3 Å². The van der Waals surface area contributed by atoms with Gasteiger partial charge in [-0.15, -0.1) is 0 Å². The summed E-state index contributed by atoms with van der Waals surface area (Å²) in [7, 11) is 0. The smallest absolute Gasteiger partial charge is 0.254 e. The molecule has 14 heavy (non-hydrogen) atoms. The van der Waals surface area contributed by atoms with Crippen LogP contribution in [0.5, 0.6) is 0 Å². The van der Waals surface area contributed by atoms with Gasteiger partial charge in [-0.1, -0.05) is 11.6 Å². The summed E-state index contributed by atoms with van der Waals surface area (Å²) in [5, 5.41) is 0.232. The first-order valence-electron chi connectivity index (χ1n) is 4.53. The third-order valence-electron chi connectivity index (χ3n) is 1.74.